The number of hydrogen-bond acceptors (Lipinski definition) is 4. The average Bonchev–Trinajstić information content (AvgIpc) is 2.65. The van der Waals surface area contributed by atoms with Gasteiger partial charge in [-0.1, -0.05) is 0 Å². The van der Waals surface area contributed by atoms with Crippen LogP contribution in [0.15, 0.2) is 18.2 Å². The zero-order valence-corrected chi connectivity index (χ0v) is 12.4. The number of halogens is 1. The van der Waals surface area contributed by atoms with Gasteiger partial charge in [0.2, 0.25) is 5.91 Å². The minimum Gasteiger partial charge on any atom is -0.396 e. The van der Waals surface area contributed by atoms with Crippen LogP contribution in [0.4, 0.5) is 15.8 Å². The number of nitrogens with one attached hydrogen (secondary N) is 1. The fraction of sp³-hybridized carbons (Fsp3) is 0.533. The maximum Gasteiger partial charge on any atom is 0.225 e. The van der Waals surface area contributed by atoms with E-state index in [1.165, 1.54) is 18.2 Å². The van der Waals surface area contributed by atoms with Gasteiger partial charge in [-0.15, -0.1) is 0 Å². The molecule has 116 valence electrons. The van der Waals surface area contributed by atoms with Crippen molar-refractivity contribution in [1.29, 1.82) is 0 Å². The molecule has 6 heteroatoms. The van der Waals surface area contributed by atoms with E-state index < -0.39 is 5.82 Å². The molecule has 0 aliphatic carbocycles. The van der Waals surface area contributed by atoms with Crippen molar-refractivity contribution in [2.45, 2.75) is 12.8 Å². The molecule has 3 N–H and O–H groups in total. The Morgan fingerprint density at radius 3 is 2.90 bits per heavy atom. The number of nitrogens with two attached hydrogens (primary N) is 1. The maximum atomic E-state index is 13.0. The van der Waals surface area contributed by atoms with E-state index in [4.69, 9.17) is 5.73 Å². The standard InChI is InChI=1S/C15H23FN4O/c1-19-6-2-7-20(10-9-19)8-5-15(21)18-12-3-4-13(16)14(17)11-12/h3-4,11H,2,5-10,17H2,1H3,(H,18,21). The summed E-state index contributed by atoms with van der Waals surface area (Å²) < 4.78 is 13.0. The molecule has 0 saturated carbocycles. The van der Waals surface area contributed by atoms with E-state index in [0.717, 1.165) is 39.1 Å². The first-order valence-corrected chi connectivity index (χ1v) is 7.30. The van der Waals surface area contributed by atoms with Gasteiger partial charge in [0.1, 0.15) is 5.82 Å². The second-order valence-corrected chi connectivity index (χ2v) is 5.53. The summed E-state index contributed by atoms with van der Waals surface area (Å²) >= 11 is 0. The van der Waals surface area contributed by atoms with Crippen LogP contribution in [0.3, 0.4) is 0 Å². The summed E-state index contributed by atoms with van der Waals surface area (Å²) in [7, 11) is 2.12. The number of nitrogen functional groups attached to an aromatic ring is 1. The third-order valence-corrected chi connectivity index (χ3v) is 3.75. The Morgan fingerprint density at radius 2 is 2.14 bits per heavy atom. The van der Waals surface area contributed by atoms with Crippen LogP contribution in [0.25, 0.3) is 0 Å². The van der Waals surface area contributed by atoms with Gasteiger partial charge in [-0.25, -0.2) is 4.39 Å². The summed E-state index contributed by atoms with van der Waals surface area (Å²) in [6.45, 7) is 4.92. The first-order valence-electron chi connectivity index (χ1n) is 7.30. The number of nitrogens with zero attached hydrogens (tertiary/aromatic N) is 2. The first-order chi connectivity index (χ1) is 10.0. The highest BCUT2D eigenvalue weighted by molar-refractivity contribution is 5.91. The molecule has 1 fully saturated rings. The molecule has 0 spiro atoms. The van der Waals surface area contributed by atoms with Gasteiger partial charge in [0.25, 0.3) is 0 Å². The minimum atomic E-state index is -0.471. The minimum absolute atomic E-state index is 0.0448. The monoisotopic (exact) mass is 294 g/mol. The fourth-order valence-corrected chi connectivity index (χ4v) is 2.43. The molecular formula is C15H23FN4O. The fourth-order valence-electron chi connectivity index (χ4n) is 2.43. The molecule has 0 unspecified atom stereocenters. The molecular weight excluding hydrogens is 271 g/mol. The van der Waals surface area contributed by atoms with Crippen LogP contribution in [0.2, 0.25) is 0 Å². The molecule has 21 heavy (non-hydrogen) atoms. The molecule has 1 amide bonds. The Morgan fingerprint density at radius 1 is 1.33 bits per heavy atom. The van der Waals surface area contributed by atoms with Gasteiger partial charge in [0, 0.05) is 31.7 Å². The molecule has 2 rings (SSSR count). The predicted molar refractivity (Wildman–Crippen MR) is 82.6 cm³/mol. The Labute approximate surface area is 124 Å². The topological polar surface area (TPSA) is 61.6 Å². The van der Waals surface area contributed by atoms with E-state index in [0.29, 0.717) is 12.1 Å². The summed E-state index contributed by atoms with van der Waals surface area (Å²) in [5.74, 6) is -0.541. The summed E-state index contributed by atoms with van der Waals surface area (Å²) in [6.07, 6.45) is 1.56. The molecule has 5 nitrogen and oxygen atoms in total. The average molecular weight is 294 g/mol. The van der Waals surface area contributed by atoms with Gasteiger partial charge >= 0.3 is 0 Å². The maximum absolute atomic E-state index is 13.0. The van der Waals surface area contributed by atoms with Gasteiger partial charge in [-0.3, -0.25) is 4.79 Å². The normalized spacial score (nSPS) is 17.4. The van der Waals surface area contributed by atoms with Crippen molar-refractivity contribution in [1.82, 2.24) is 9.80 Å². The second kappa shape index (κ2) is 7.38. The van der Waals surface area contributed by atoms with Gasteiger partial charge in [-0.2, -0.15) is 0 Å². The summed E-state index contributed by atoms with van der Waals surface area (Å²) in [4.78, 5) is 16.5. The number of carbonyl (C=O) groups excluding carboxylic acids is 1. The van der Waals surface area contributed by atoms with Crippen LogP contribution in [0, 0.1) is 5.82 Å². The number of carbonyl (C=O) groups is 1. The largest absolute Gasteiger partial charge is 0.396 e. The smallest absolute Gasteiger partial charge is 0.225 e. The number of amides is 1. The van der Waals surface area contributed by atoms with E-state index in [-0.39, 0.29) is 11.6 Å². The zero-order chi connectivity index (χ0) is 15.2. The SMILES string of the molecule is CN1CCCN(CCC(=O)Nc2ccc(F)c(N)c2)CC1. The Bertz CT molecular complexity index is 495. The van der Waals surface area contributed by atoms with Crippen molar-refractivity contribution >= 4 is 17.3 Å². The lowest BCUT2D eigenvalue weighted by molar-refractivity contribution is -0.116. The second-order valence-electron chi connectivity index (χ2n) is 5.53. The van der Waals surface area contributed by atoms with Crippen LogP contribution in [0.1, 0.15) is 12.8 Å². The lowest BCUT2D eigenvalue weighted by Gasteiger charge is -2.19. The molecule has 0 radical (unpaired) electrons. The molecule has 0 aromatic heterocycles. The number of benzene rings is 1. The van der Waals surface area contributed by atoms with Crippen molar-refractivity contribution in [2.75, 3.05) is 50.8 Å². The molecule has 1 heterocycles. The van der Waals surface area contributed by atoms with Gasteiger partial charge in [0.05, 0.1) is 5.69 Å². The predicted octanol–water partition coefficient (Wildman–Crippen LogP) is 1.37. The van der Waals surface area contributed by atoms with Crippen molar-refractivity contribution in [3.63, 3.8) is 0 Å². The Kier molecular flexibility index (Phi) is 5.52. The summed E-state index contributed by atoms with van der Waals surface area (Å²) in [6, 6.07) is 4.22. The van der Waals surface area contributed by atoms with Gasteiger partial charge in [0.15, 0.2) is 0 Å². The number of likely N-dealkylation sites (N-methyl/N-ethyl adjacent to an activating group) is 1. The van der Waals surface area contributed by atoms with E-state index in [1.54, 1.807) is 0 Å². The molecule has 1 aromatic carbocycles. The zero-order valence-electron chi connectivity index (χ0n) is 12.4. The highest BCUT2D eigenvalue weighted by Gasteiger charge is 2.13. The van der Waals surface area contributed by atoms with Crippen LogP contribution >= 0.6 is 0 Å². The van der Waals surface area contributed by atoms with Crippen LogP contribution < -0.4 is 11.1 Å². The molecule has 0 atom stereocenters. The van der Waals surface area contributed by atoms with Gasteiger partial charge in [-0.05, 0) is 44.8 Å². The summed E-state index contributed by atoms with van der Waals surface area (Å²) in [5, 5.41) is 2.75. The van der Waals surface area contributed by atoms with Crippen LogP contribution in [-0.4, -0.2) is 55.5 Å². The van der Waals surface area contributed by atoms with Crippen molar-refractivity contribution in [3.8, 4) is 0 Å². The third kappa shape index (κ3) is 4.99. The van der Waals surface area contributed by atoms with Crippen LogP contribution in [-0.2, 0) is 4.79 Å². The number of hydrogen-bond donors (Lipinski definition) is 2. The van der Waals surface area contributed by atoms with E-state index in [1.807, 2.05) is 0 Å². The Balaban J connectivity index is 1.77. The highest BCUT2D eigenvalue weighted by Crippen LogP contribution is 2.16. The lowest BCUT2D eigenvalue weighted by atomic mass is 10.2. The third-order valence-electron chi connectivity index (χ3n) is 3.75. The lowest BCUT2D eigenvalue weighted by Crippen LogP contribution is -2.31. The van der Waals surface area contributed by atoms with E-state index in [9.17, 15) is 9.18 Å². The van der Waals surface area contributed by atoms with E-state index >= 15 is 0 Å². The molecule has 1 aromatic rings. The molecule has 1 saturated heterocycles. The molecule has 1 aliphatic rings. The molecule has 0 bridgehead atoms. The molecule has 1 aliphatic heterocycles. The number of anilines is 2. The highest BCUT2D eigenvalue weighted by atomic mass is 19.1. The van der Waals surface area contributed by atoms with E-state index in [2.05, 4.69) is 22.2 Å². The quantitative estimate of drug-likeness (QED) is 0.824. The van der Waals surface area contributed by atoms with Gasteiger partial charge < -0.3 is 20.9 Å². The first kappa shape index (κ1) is 15.7. The van der Waals surface area contributed by atoms with Crippen molar-refractivity contribution in [2.24, 2.45) is 0 Å². The summed E-state index contributed by atoms with van der Waals surface area (Å²) in [5.41, 5.74) is 6.06. The van der Waals surface area contributed by atoms with Crippen molar-refractivity contribution in [3.05, 3.63) is 24.0 Å². The van der Waals surface area contributed by atoms with Crippen molar-refractivity contribution < 1.29 is 9.18 Å². The number of rotatable bonds is 4. The Hall–Kier alpha value is -1.66. The van der Waals surface area contributed by atoms with Crippen LogP contribution in [0.5, 0.6) is 0 Å².